The number of aromatic nitrogens is 3. The summed E-state index contributed by atoms with van der Waals surface area (Å²) in [7, 11) is 0. The molecule has 0 bridgehead atoms. The molecule has 0 aliphatic heterocycles. The third kappa shape index (κ3) is 5.70. The van der Waals surface area contributed by atoms with Crippen molar-refractivity contribution in [2.24, 2.45) is 5.41 Å². The van der Waals surface area contributed by atoms with Gasteiger partial charge in [-0.1, -0.05) is 40.2 Å². The Morgan fingerprint density at radius 1 is 1.03 bits per heavy atom. The van der Waals surface area contributed by atoms with Crippen LogP contribution >= 0.6 is 27.3 Å². The average molecular weight is 579 g/mol. The van der Waals surface area contributed by atoms with Crippen molar-refractivity contribution in [3.63, 3.8) is 0 Å². The van der Waals surface area contributed by atoms with Gasteiger partial charge in [0.15, 0.2) is 0 Å². The van der Waals surface area contributed by atoms with Gasteiger partial charge in [0.1, 0.15) is 23.2 Å². The molecular formula is C29H28BrN3O3S. The summed E-state index contributed by atoms with van der Waals surface area (Å²) in [6.45, 7) is 7.03. The van der Waals surface area contributed by atoms with Crippen LogP contribution in [0.25, 0.3) is 21.3 Å². The van der Waals surface area contributed by atoms with E-state index in [-0.39, 0.29) is 5.97 Å². The Bertz CT molecular complexity index is 1520. The number of halogens is 1. The fraction of sp³-hybridized carbons (Fsp3) is 0.276. The summed E-state index contributed by atoms with van der Waals surface area (Å²) in [5.74, 6) is 1.34. The molecule has 0 saturated carbocycles. The largest absolute Gasteiger partial charge is 0.486 e. The Kier molecular flexibility index (Phi) is 7.31. The van der Waals surface area contributed by atoms with E-state index in [1.807, 2.05) is 69.3 Å². The Morgan fingerprint density at radius 2 is 1.81 bits per heavy atom. The second-order valence-corrected chi connectivity index (χ2v) is 11.6. The molecule has 0 spiro atoms. The Morgan fingerprint density at radius 3 is 2.57 bits per heavy atom. The normalized spacial score (nSPS) is 11.8. The van der Waals surface area contributed by atoms with Crippen molar-refractivity contribution in [1.82, 2.24) is 14.5 Å². The van der Waals surface area contributed by atoms with Gasteiger partial charge in [0.05, 0.1) is 33.3 Å². The molecule has 3 aromatic carbocycles. The van der Waals surface area contributed by atoms with Gasteiger partial charge >= 0.3 is 5.97 Å². The van der Waals surface area contributed by atoms with E-state index < -0.39 is 5.41 Å². The molecule has 8 heteroatoms. The highest BCUT2D eigenvalue weighted by molar-refractivity contribution is 9.10. The van der Waals surface area contributed by atoms with E-state index >= 15 is 0 Å². The predicted octanol–water partition coefficient (Wildman–Crippen LogP) is 7.17. The number of rotatable bonds is 9. The Balaban J connectivity index is 1.44. The molecule has 2 heterocycles. The minimum Gasteiger partial charge on any atom is -0.486 e. The van der Waals surface area contributed by atoms with Gasteiger partial charge in [-0.3, -0.25) is 4.79 Å². The average Bonchev–Trinajstić information content (AvgIpc) is 3.44. The van der Waals surface area contributed by atoms with Crippen molar-refractivity contribution in [2.75, 3.05) is 6.61 Å². The van der Waals surface area contributed by atoms with Gasteiger partial charge in [-0.25, -0.2) is 9.97 Å². The van der Waals surface area contributed by atoms with Crippen molar-refractivity contribution in [2.45, 2.75) is 40.3 Å². The van der Waals surface area contributed by atoms with Gasteiger partial charge in [0.25, 0.3) is 0 Å². The van der Waals surface area contributed by atoms with Crippen molar-refractivity contribution in [1.29, 1.82) is 0 Å². The second kappa shape index (κ2) is 10.6. The second-order valence-electron chi connectivity index (χ2n) is 9.54. The minimum atomic E-state index is -0.707. The van der Waals surface area contributed by atoms with Crippen molar-refractivity contribution >= 4 is 54.5 Å². The molecule has 190 valence electrons. The number of carbonyl (C=O) groups is 1. The number of hydrogen-bond donors (Lipinski definition) is 0. The van der Waals surface area contributed by atoms with Crippen LogP contribution in [0.4, 0.5) is 0 Å². The van der Waals surface area contributed by atoms with Gasteiger partial charge < -0.3 is 14.0 Å². The summed E-state index contributed by atoms with van der Waals surface area (Å²) in [6, 6.07) is 22.3. The number of hydrogen-bond acceptors (Lipinski definition) is 6. The van der Waals surface area contributed by atoms with Crippen LogP contribution in [-0.4, -0.2) is 27.1 Å². The Labute approximate surface area is 228 Å². The van der Waals surface area contributed by atoms with E-state index in [9.17, 15) is 4.79 Å². The van der Waals surface area contributed by atoms with Crippen LogP contribution in [0, 0.1) is 5.41 Å². The first-order valence-corrected chi connectivity index (χ1v) is 13.8. The molecule has 0 atom stereocenters. The van der Waals surface area contributed by atoms with Crippen molar-refractivity contribution < 1.29 is 14.3 Å². The first-order chi connectivity index (χ1) is 17.8. The number of imidazole rings is 1. The number of ether oxygens (including phenoxy) is 2. The molecule has 5 aromatic rings. The van der Waals surface area contributed by atoms with E-state index in [4.69, 9.17) is 14.5 Å². The Hall–Kier alpha value is -3.23. The number of thiazole rings is 1. The van der Waals surface area contributed by atoms with Gasteiger partial charge in [-0.05, 0) is 62.7 Å². The van der Waals surface area contributed by atoms with Crippen LogP contribution in [0.1, 0.15) is 37.2 Å². The maximum atomic E-state index is 12.6. The van der Waals surface area contributed by atoms with Crippen LogP contribution in [0.3, 0.4) is 0 Å². The fourth-order valence-corrected chi connectivity index (χ4v) is 5.40. The molecule has 0 radical (unpaired) electrons. The SMILES string of the molecule is CCOC(=O)C(C)(C)Cc1nc2cc(OCc3nc4ccccc4s3)ccc2n1Cc1ccc(Br)cc1. The van der Waals surface area contributed by atoms with E-state index in [1.165, 1.54) is 0 Å². The topological polar surface area (TPSA) is 66.2 Å². The molecule has 0 saturated heterocycles. The molecule has 0 unspecified atom stereocenters. The maximum absolute atomic E-state index is 12.6. The minimum absolute atomic E-state index is 0.225. The summed E-state index contributed by atoms with van der Waals surface area (Å²) < 4.78 is 15.8. The monoisotopic (exact) mass is 577 g/mol. The van der Waals surface area contributed by atoms with Crippen LogP contribution in [0.5, 0.6) is 5.75 Å². The molecule has 0 amide bonds. The standard InChI is InChI=1S/C29H28BrN3O3S/c1-4-35-28(34)29(2,3)16-26-31-23-15-21(36-18-27-32-22-7-5-6-8-25(22)37-27)13-14-24(23)33(26)17-19-9-11-20(30)12-10-19/h5-15H,4,16-18H2,1-3H3. The number of nitrogens with zero attached hydrogens (tertiary/aromatic N) is 3. The highest BCUT2D eigenvalue weighted by atomic mass is 79.9. The number of para-hydroxylation sites is 1. The number of carbonyl (C=O) groups excluding carboxylic acids is 1. The van der Waals surface area contributed by atoms with Gasteiger partial charge in [0.2, 0.25) is 0 Å². The molecule has 6 nitrogen and oxygen atoms in total. The third-order valence-corrected chi connectivity index (χ3v) is 7.72. The molecule has 0 aliphatic carbocycles. The lowest BCUT2D eigenvalue weighted by atomic mass is 9.89. The summed E-state index contributed by atoms with van der Waals surface area (Å²) in [6.07, 6.45) is 0.457. The summed E-state index contributed by atoms with van der Waals surface area (Å²) in [4.78, 5) is 22.3. The third-order valence-electron chi connectivity index (χ3n) is 6.18. The van der Waals surface area contributed by atoms with E-state index in [0.29, 0.717) is 26.2 Å². The van der Waals surface area contributed by atoms with Gasteiger partial charge in [0, 0.05) is 23.5 Å². The lowest BCUT2D eigenvalue weighted by Crippen LogP contribution is -2.30. The number of benzene rings is 3. The molecule has 0 N–H and O–H groups in total. The quantitative estimate of drug-likeness (QED) is 0.174. The molecular weight excluding hydrogens is 550 g/mol. The zero-order valence-corrected chi connectivity index (χ0v) is 23.4. The van der Waals surface area contributed by atoms with Crippen LogP contribution < -0.4 is 4.74 Å². The van der Waals surface area contributed by atoms with Gasteiger partial charge in [-0.15, -0.1) is 11.3 Å². The smallest absolute Gasteiger partial charge is 0.311 e. The summed E-state index contributed by atoms with van der Waals surface area (Å²) in [5.41, 5.74) is 3.25. The van der Waals surface area contributed by atoms with Crippen molar-refractivity contribution in [3.8, 4) is 5.75 Å². The van der Waals surface area contributed by atoms with Crippen LogP contribution in [0.2, 0.25) is 0 Å². The summed E-state index contributed by atoms with van der Waals surface area (Å²) >= 11 is 5.15. The molecule has 0 aliphatic rings. The van der Waals surface area contributed by atoms with Crippen molar-refractivity contribution in [3.05, 3.63) is 87.6 Å². The summed E-state index contributed by atoms with van der Waals surface area (Å²) in [5, 5.41) is 0.930. The predicted molar refractivity (Wildman–Crippen MR) is 151 cm³/mol. The van der Waals surface area contributed by atoms with Crippen LogP contribution in [-0.2, 0) is 29.1 Å². The van der Waals surface area contributed by atoms with E-state index in [2.05, 4.69) is 43.7 Å². The molecule has 5 rings (SSSR count). The lowest BCUT2D eigenvalue weighted by Gasteiger charge is -2.22. The van der Waals surface area contributed by atoms with Crippen LogP contribution in [0.15, 0.2) is 71.2 Å². The first-order valence-electron chi connectivity index (χ1n) is 12.2. The maximum Gasteiger partial charge on any atom is 0.311 e. The zero-order chi connectivity index (χ0) is 26.0. The first kappa shape index (κ1) is 25.4. The molecule has 0 fully saturated rings. The van der Waals surface area contributed by atoms with E-state index in [0.717, 1.165) is 47.9 Å². The highest BCUT2D eigenvalue weighted by Crippen LogP contribution is 2.30. The fourth-order valence-electron chi connectivity index (χ4n) is 4.25. The van der Waals surface area contributed by atoms with Gasteiger partial charge in [-0.2, -0.15) is 0 Å². The number of esters is 1. The zero-order valence-electron chi connectivity index (χ0n) is 21.0. The lowest BCUT2D eigenvalue weighted by molar-refractivity contribution is -0.153. The molecule has 37 heavy (non-hydrogen) atoms. The number of fused-ring (bicyclic) bond motifs is 2. The molecule has 2 aromatic heterocycles. The highest BCUT2D eigenvalue weighted by Gasteiger charge is 2.32. The van der Waals surface area contributed by atoms with E-state index in [1.54, 1.807) is 11.3 Å².